The summed E-state index contributed by atoms with van der Waals surface area (Å²) in [6.45, 7) is 5.85. The van der Waals surface area contributed by atoms with Crippen LogP contribution in [0, 0.1) is 5.92 Å². The Labute approximate surface area is 265 Å². The second-order valence-corrected chi connectivity index (χ2v) is 11.9. The van der Waals surface area contributed by atoms with E-state index in [1.807, 2.05) is 24.3 Å². The quantitative estimate of drug-likeness (QED) is 0.368. The molecule has 2 atom stereocenters. The number of ether oxygens (including phenoxy) is 2. The second kappa shape index (κ2) is 15.2. The molecule has 0 bridgehead atoms. The van der Waals surface area contributed by atoms with Crippen LogP contribution < -0.4 is 15.4 Å². The van der Waals surface area contributed by atoms with Crippen LogP contribution in [-0.4, -0.2) is 90.2 Å². The van der Waals surface area contributed by atoms with Crippen molar-refractivity contribution < 1.29 is 29.0 Å². The monoisotopic (exact) mass is 628 g/mol. The van der Waals surface area contributed by atoms with E-state index in [0.29, 0.717) is 75.6 Å². The zero-order chi connectivity index (χ0) is 30.4. The first kappa shape index (κ1) is 33.7. The van der Waals surface area contributed by atoms with E-state index in [2.05, 4.69) is 22.5 Å². The van der Waals surface area contributed by atoms with Crippen LogP contribution >= 0.6 is 12.4 Å². The van der Waals surface area contributed by atoms with Crippen LogP contribution in [0.2, 0.25) is 0 Å². The number of piperidine rings is 1. The predicted octanol–water partition coefficient (Wildman–Crippen LogP) is 3.51. The number of nitrogens with zero attached hydrogens (tertiary/aromatic N) is 2. The van der Waals surface area contributed by atoms with E-state index in [1.54, 1.807) is 36.2 Å². The molecule has 1 spiro atoms. The number of rotatable bonds is 10. The van der Waals surface area contributed by atoms with Gasteiger partial charge in [-0.25, -0.2) is 0 Å². The largest absolute Gasteiger partial charge is 0.457 e. The van der Waals surface area contributed by atoms with Crippen LogP contribution in [0.5, 0.6) is 11.5 Å². The third kappa shape index (κ3) is 7.37. The second-order valence-electron chi connectivity index (χ2n) is 11.9. The number of amides is 3. The third-order valence-corrected chi connectivity index (χ3v) is 9.18. The van der Waals surface area contributed by atoms with Gasteiger partial charge in [0.15, 0.2) is 0 Å². The van der Waals surface area contributed by atoms with E-state index in [9.17, 15) is 19.5 Å². The SMILES string of the molecule is CCCCN1C(=O)[C@@H]([C@H](O)C2CCOCC2)NC(=O)C12CCN(Cc1ccc(Oc3ccc(C(=O)NC)cc3)cc1)CC2.Cl. The zero-order valence-electron chi connectivity index (χ0n) is 25.6. The molecular formula is C33H45ClN4O6. The van der Waals surface area contributed by atoms with Crippen molar-refractivity contribution in [2.24, 2.45) is 5.92 Å². The maximum Gasteiger partial charge on any atom is 0.251 e. The molecule has 3 N–H and O–H groups in total. The third-order valence-electron chi connectivity index (χ3n) is 9.18. The lowest BCUT2D eigenvalue weighted by atomic mass is 9.79. The number of aliphatic hydroxyl groups excluding tert-OH is 1. The first-order valence-corrected chi connectivity index (χ1v) is 15.5. The molecule has 5 rings (SSSR count). The van der Waals surface area contributed by atoms with Gasteiger partial charge in [0.05, 0.1) is 6.10 Å². The average molecular weight is 629 g/mol. The van der Waals surface area contributed by atoms with Gasteiger partial charge in [0.25, 0.3) is 5.91 Å². The minimum atomic E-state index is -0.907. The highest BCUT2D eigenvalue weighted by Gasteiger charge is 2.55. The van der Waals surface area contributed by atoms with Crippen molar-refractivity contribution in [3.8, 4) is 11.5 Å². The maximum atomic E-state index is 13.8. The summed E-state index contributed by atoms with van der Waals surface area (Å²) in [7, 11) is 1.60. The minimum absolute atomic E-state index is 0. The summed E-state index contributed by atoms with van der Waals surface area (Å²) in [6, 6.07) is 14.0. The molecule has 3 heterocycles. The Morgan fingerprint density at radius 3 is 2.27 bits per heavy atom. The molecule has 0 unspecified atom stereocenters. The molecule has 3 aliphatic rings. The molecular weight excluding hydrogens is 584 g/mol. The summed E-state index contributed by atoms with van der Waals surface area (Å²) >= 11 is 0. The molecule has 3 saturated heterocycles. The van der Waals surface area contributed by atoms with Gasteiger partial charge < -0.3 is 30.1 Å². The molecule has 11 heteroatoms. The Balaban J connectivity index is 0.00000442. The minimum Gasteiger partial charge on any atom is -0.457 e. The van der Waals surface area contributed by atoms with Crippen LogP contribution in [0.3, 0.4) is 0 Å². The Bertz CT molecular complexity index is 1260. The molecule has 0 saturated carbocycles. The molecule has 240 valence electrons. The number of halogens is 1. The van der Waals surface area contributed by atoms with Crippen molar-refractivity contribution in [2.75, 3.05) is 39.9 Å². The van der Waals surface area contributed by atoms with Gasteiger partial charge in [-0.05, 0) is 80.0 Å². The van der Waals surface area contributed by atoms with E-state index in [0.717, 1.165) is 24.9 Å². The number of piperazine rings is 1. The number of nitrogens with one attached hydrogen (secondary N) is 2. The summed E-state index contributed by atoms with van der Waals surface area (Å²) in [5.41, 5.74) is 0.828. The summed E-state index contributed by atoms with van der Waals surface area (Å²) in [6.07, 6.45) is 3.32. The van der Waals surface area contributed by atoms with E-state index in [-0.39, 0.29) is 36.0 Å². The van der Waals surface area contributed by atoms with Gasteiger partial charge in [-0.15, -0.1) is 12.4 Å². The molecule has 2 aromatic carbocycles. The van der Waals surface area contributed by atoms with Crippen LogP contribution in [0.15, 0.2) is 48.5 Å². The zero-order valence-corrected chi connectivity index (χ0v) is 26.4. The van der Waals surface area contributed by atoms with Gasteiger partial charge in [-0.1, -0.05) is 25.5 Å². The lowest BCUT2D eigenvalue weighted by Crippen LogP contribution is -2.75. The molecule has 44 heavy (non-hydrogen) atoms. The van der Waals surface area contributed by atoms with E-state index in [1.165, 1.54) is 0 Å². The Hall–Kier alpha value is -3.18. The molecule has 10 nitrogen and oxygen atoms in total. The number of likely N-dealkylation sites (tertiary alicyclic amines) is 1. The first-order chi connectivity index (χ1) is 20.8. The van der Waals surface area contributed by atoms with Crippen molar-refractivity contribution in [1.29, 1.82) is 0 Å². The van der Waals surface area contributed by atoms with Gasteiger partial charge >= 0.3 is 0 Å². The normalized spacial score (nSPS) is 21.3. The van der Waals surface area contributed by atoms with Crippen molar-refractivity contribution in [3.63, 3.8) is 0 Å². The summed E-state index contributed by atoms with van der Waals surface area (Å²) in [4.78, 5) is 43.4. The van der Waals surface area contributed by atoms with Crippen LogP contribution in [-0.2, 0) is 20.9 Å². The summed E-state index contributed by atoms with van der Waals surface area (Å²) < 4.78 is 11.4. The molecule has 2 aromatic rings. The molecule has 3 aliphatic heterocycles. The highest BCUT2D eigenvalue weighted by molar-refractivity contribution is 6.00. The Kier molecular flexibility index (Phi) is 11.6. The lowest BCUT2D eigenvalue weighted by molar-refractivity contribution is -0.166. The lowest BCUT2D eigenvalue weighted by Gasteiger charge is -2.52. The van der Waals surface area contributed by atoms with Crippen LogP contribution in [0.1, 0.15) is 61.4 Å². The molecule has 3 fully saturated rings. The van der Waals surface area contributed by atoms with Crippen molar-refractivity contribution in [1.82, 2.24) is 20.4 Å². The number of hydrogen-bond donors (Lipinski definition) is 3. The van der Waals surface area contributed by atoms with Gasteiger partial charge in [-0.3, -0.25) is 19.3 Å². The van der Waals surface area contributed by atoms with E-state index < -0.39 is 17.7 Å². The predicted molar refractivity (Wildman–Crippen MR) is 169 cm³/mol. The van der Waals surface area contributed by atoms with Gasteiger partial charge in [-0.2, -0.15) is 0 Å². The topological polar surface area (TPSA) is 120 Å². The standard InChI is InChI=1S/C33H44N4O6.ClH/c1-3-4-17-37-31(40)28(29(38)24-13-20-42-21-14-24)35-32(41)33(37)15-18-36(19-16-33)22-23-5-9-26(10-6-23)43-27-11-7-25(8-12-27)30(39)34-2;/h5-12,24,28-29,38H,3-4,13-22H2,1-2H3,(H,34,39)(H,35,41);1H/t28-,29-;/m1./s1. The number of carbonyl (C=O) groups excluding carboxylic acids is 3. The number of benzene rings is 2. The van der Waals surface area contributed by atoms with Crippen molar-refractivity contribution in [3.05, 3.63) is 59.7 Å². The fourth-order valence-electron chi connectivity index (χ4n) is 6.49. The van der Waals surface area contributed by atoms with Crippen LogP contribution in [0.4, 0.5) is 0 Å². The molecule has 0 aromatic heterocycles. The molecule has 0 radical (unpaired) electrons. The Morgan fingerprint density at radius 2 is 1.68 bits per heavy atom. The average Bonchev–Trinajstić information content (AvgIpc) is 3.04. The fraction of sp³-hybridized carbons (Fsp3) is 0.545. The van der Waals surface area contributed by atoms with Crippen molar-refractivity contribution in [2.45, 2.75) is 69.7 Å². The van der Waals surface area contributed by atoms with Gasteiger partial charge in [0.1, 0.15) is 23.1 Å². The van der Waals surface area contributed by atoms with Gasteiger partial charge in [0, 0.05) is 52.0 Å². The fourth-order valence-corrected chi connectivity index (χ4v) is 6.49. The summed E-state index contributed by atoms with van der Waals surface area (Å²) in [5.74, 6) is 0.867. The van der Waals surface area contributed by atoms with Crippen molar-refractivity contribution >= 4 is 30.1 Å². The highest BCUT2D eigenvalue weighted by atomic mass is 35.5. The van der Waals surface area contributed by atoms with E-state index in [4.69, 9.17) is 9.47 Å². The highest BCUT2D eigenvalue weighted by Crippen LogP contribution is 2.36. The smallest absolute Gasteiger partial charge is 0.251 e. The Morgan fingerprint density at radius 1 is 1.07 bits per heavy atom. The van der Waals surface area contributed by atoms with Gasteiger partial charge in [0.2, 0.25) is 11.8 Å². The number of carbonyl (C=O) groups is 3. The maximum absolute atomic E-state index is 13.8. The molecule has 3 amide bonds. The summed E-state index contributed by atoms with van der Waals surface area (Å²) in [5, 5.41) is 16.7. The van der Waals surface area contributed by atoms with Crippen LogP contribution in [0.25, 0.3) is 0 Å². The molecule has 0 aliphatic carbocycles. The van der Waals surface area contributed by atoms with E-state index >= 15 is 0 Å². The number of hydrogen-bond acceptors (Lipinski definition) is 7. The number of unbranched alkanes of at least 4 members (excludes halogenated alkanes) is 1. The first-order valence-electron chi connectivity index (χ1n) is 15.5. The number of aliphatic hydroxyl groups is 1.